The molecular formula is C27H54N2O4. The van der Waals surface area contributed by atoms with Crippen LogP contribution in [0.5, 0.6) is 0 Å². The van der Waals surface area contributed by atoms with E-state index in [9.17, 15) is 14.7 Å². The summed E-state index contributed by atoms with van der Waals surface area (Å²) in [7, 11) is 0. The molecule has 0 fully saturated rings. The minimum absolute atomic E-state index is 0.0350. The van der Waals surface area contributed by atoms with E-state index in [0.29, 0.717) is 12.8 Å². The van der Waals surface area contributed by atoms with Crippen LogP contribution in [0.15, 0.2) is 12.2 Å². The van der Waals surface area contributed by atoms with Crippen molar-refractivity contribution in [3.8, 4) is 0 Å². The van der Waals surface area contributed by atoms with Crippen molar-refractivity contribution in [1.29, 1.82) is 0 Å². The van der Waals surface area contributed by atoms with Crippen molar-refractivity contribution in [2.75, 3.05) is 19.6 Å². The first-order valence-corrected chi connectivity index (χ1v) is 13.6. The molecule has 6 heteroatoms. The first kappa shape index (κ1) is 33.8. The number of carbonyl (C=O) groups excluding carboxylic acids is 1. The van der Waals surface area contributed by atoms with E-state index >= 15 is 0 Å². The third-order valence-electron chi connectivity index (χ3n) is 5.49. The van der Waals surface area contributed by atoms with Gasteiger partial charge in [0.15, 0.2) is 0 Å². The van der Waals surface area contributed by atoms with E-state index in [1.807, 2.05) is 0 Å². The summed E-state index contributed by atoms with van der Waals surface area (Å²) in [5.41, 5.74) is 3.86. The van der Waals surface area contributed by atoms with E-state index in [4.69, 9.17) is 5.11 Å². The largest absolute Gasteiger partial charge is 0.550 e. The van der Waals surface area contributed by atoms with Gasteiger partial charge in [0.1, 0.15) is 0 Å². The van der Waals surface area contributed by atoms with E-state index in [2.05, 4.69) is 30.1 Å². The van der Waals surface area contributed by atoms with Gasteiger partial charge in [-0.1, -0.05) is 76.9 Å². The zero-order chi connectivity index (χ0) is 24.8. The second-order valence-corrected chi connectivity index (χ2v) is 8.87. The minimum Gasteiger partial charge on any atom is -0.550 e. The lowest BCUT2D eigenvalue weighted by molar-refractivity contribution is -0.367. The second kappa shape index (κ2) is 30.6. The first-order chi connectivity index (χ1) is 16.0. The smallest absolute Gasteiger partial charge is 0.303 e. The second-order valence-electron chi connectivity index (χ2n) is 8.87. The lowest BCUT2D eigenvalue weighted by Crippen LogP contribution is -2.51. The molecule has 0 aliphatic rings. The van der Waals surface area contributed by atoms with Crippen LogP contribution < -0.4 is 16.2 Å². The highest BCUT2D eigenvalue weighted by molar-refractivity contribution is 5.67. The Bertz CT molecular complexity index is 426. The number of quaternary nitrogens is 1. The molecule has 0 aromatic carbocycles. The molecule has 0 unspecified atom stereocenters. The van der Waals surface area contributed by atoms with Crippen LogP contribution in [0.1, 0.15) is 129 Å². The molecule has 0 aliphatic heterocycles. The maximum absolute atomic E-state index is 9.88. The van der Waals surface area contributed by atoms with Gasteiger partial charge < -0.3 is 26.1 Å². The van der Waals surface area contributed by atoms with Crippen molar-refractivity contribution in [3.05, 3.63) is 12.2 Å². The van der Waals surface area contributed by atoms with Gasteiger partial charge in [-0.3, -0.25) is 4.79 Å². The molecule has 0 aromatic rings. The summed E-state index contributed by atoms with van der Waals surface area (Å²) in [6.07, 6.45) is 26.2. The standard InChI is InChI=1S/C21H44N2.C6H10O4/c1-2-3-4-5-6-7-8-9-10-11-12-13-14-15-16-17-20-23-21-18-19-22;7-5(8)3-1-2-4-6(9)10/h9-10,23H,2-8,11-22H2,1H3;1-4H2,(H,7,8)(H,9,10). The van der Waals surface area contributed by atoms with Crippen LogP contribution in [0.2, 0.25) is 0 Å². The number of carboxylic acid groups (broad SMARTS) is 2. The number of hydrogen-bond donors (Lipinski definition) is 3. The number of carbonyl (C=O) groups is 2. The predicted molar refractivity (Wildman–Crippen MR) is 136 cm³/mol. The van der Waals surface area contributed by atoms with Crippen LogP contribution >= 0.6 is 0 Å². The van der Waals surface area contributed by atoms with Crippen LogP contribution in [0.25, 0.3) is 0 Å². The monoisotopic (exact) mass is 470 g/mol. The molecular weight excluding hydrogens is 416 g/mol. The van der Waals surface area contributed by atoms with Gasteiger partial charge in [-0.05, 0) is 57.9 Å². The molecule has 0 aliphatic carbocycles. The number of carboxylic acids is 2. The number of nitrogens with one attached hydrogen (secondary N) is 1. The van der Waals surface area contributed by atoms with Gasteiger partial charge in [0.2, 0.25) is 0 Å². The normalized spacial score (nSPS) is 10.8. The average Bonchev–Trinajstić information content (AvgIpc) is 2.78. The number of hydrogen-bond acceptors (Lipinski definition) is 4. The fraction of sp³-hybridized carbons (Fsp3) is 0.852. The Labute approximate surface area is 203 Å². The summed E-state index contributed by atoms with van der Waals surface area (Å²) < 4.78 is 0. The molecule has 0 radical (unpaired) electrons. The fourth-order valence-corrected chi connectivity index (χ4v) is 3.42. The van der Waals surface area contributed by atoms with Crippen LogP contribution in [-0.2, 0) is 9.59 Å². The molecule has 0 aromatic heterocycles. The Morgan fingerprint density at radius 1 is 0.727 bits per heavy atom. The molecule has 0 heterocycles. The van der Waals surface area contributed by atoms with E-state index in [1.54, 1.807) is 0 Å². The van der Waals surface area contributed by atoms with Crippen molar-refractivity contribution in [1.82, 2.24) is 5.32 Å². The fourth-order valence-electron chi connectivity index (χ4n) is 3.42. The Balaban J connectivity index is 0. The number of aliphatic carboxylic acids is 2. The van der Waals surface area contributed by atoms with Crippen molar-refractivity contribution in [3.63, 3.8) is 0 Å². The van der Waals surface area contributed by atoms with Crippen molar-refractivity contribution < 1.29 is 25.5 Å². The first-order valence-electron chi connectivity index (χ1n) is 13.6. The van der Waals surface area contributed by atoms with E-state index in [1.165, 1.54) is 103 Å². The Kier molecular flexibility index (Phi) is 31.3. The summed E-state index contributed by atoms with van der Waals surface area (Å²) in [5, 5.41) is 21.4. The van der Waals surface area contributed by atoms with Crippen molar-refractivity contribution >= 4 is 11.9 Å². The molecule has 0 spiro atoms. The van der Waals surface area contributed by atoms with Gasteiger partial charge in [-0.25, -0.2) is 0 Å². The highest BCUT2D eigenvalue weighted by atomic mass is 16.4. The molecule has 6 nitrogen and oxygen atoms in total. The Morgan fingerprint density at radius 2 is 1.21 bits per heavy atom. The molecule has 0 amide bonds. The molecule has 5 N–H and O–H groups in total. The van der Waals surface area contributed by atoms with Gasteiger partial charge in [0.05, 0.1) is 6.54 Å². The Morgan fingerprint density at radius 3 is 1.73 bits per heavy atom. The van der Waals surface area contributed by atoms with Gasteiger partial charge in [0.25, 0.3) is 0 Å². The quantitative estimate of drug-likeness (QED) is 0.140. The van der Waals surface area contributed by atoms with E-state index < -0.39 is 11.9 Å². The zero-order valence-corrected chi connectivity index (χ0v) is 21.6. The molecule has 0 atom stereocenters. The summed E-state index contributed by atoms with van der Waals surface area (Å²) in [6, 6.07) is 0. The number of allylic oxidation sites excluding steroid dienone is 2. The zero-order valence-electron chi connectivity index (χ0n) is 21.6. The summed E-state index contributed by atoms with van der Waals surface area (Å²) in [4.78, 5) is 19.7. The van der Waals surface area contributed by atoms with Crippen LogP contribution in [0, 0.1) is 0 Å². The van der Waals surface area contributed by atoms with E-state index in [0.717, 1.165) is 13.1 Å². The third-order valence-corrected chi connectivity index (χ3v) is 5.49. The third kappa shape index (κ3) is 38.2. The topological polar surface area (TPSA) is 117 Å². The predicted octanol–water partition coefficient (Wildman–Crippen LogP) is 4.63. The van der Waals surface area contributed by atoms with Crippen molar-refractivity contribution in [2.24, 2.45) is 0 Å². The SMILES string of the molecule is CCCCCCCCC=CCCCCCCCCNCCC[NH3+].O=C([O-])CCCCC(=O)O. The lowest BCUT2D eigenvalue weighted by Gasteiger charge is -2.03. The molecule has 33 heavy (non-hydrogen) atoms. The van der Waals surface area contributed by atoms with Gasteiger partial charge in [-0.2, -0.15) is 0 Å². The summed E-state index contributed by atoms with van der Waals surface area (Å²) >= 11 is 0. The van der Waals surface area contributed by atoms with Gasteiger partial charge >= 0.3 is 5.97 Å². The maximum atomic E-state index is 9.88. The molecule has 0 bridgehead atoms. The highest BCUT2D eigenvalue weighted by Gasteiger charge is 1.95. The summed E-state index contributed by atoms with van der Waals surface area (Å²) in [5.74, 6) is -2.01. The number of rotatable bonds is 24. The molecule has 0 saturated heterocycles. The van der Waals surface area contributed by atoms with E-state index in [-0.39, 0.29) is 12.8 Å². The summed E-state index contributed by atoms with van der Waals surface area (Å²) in [6.45, 7) is 5.68. The van der Waals surface area contributed by atoms with Crippen LogP contribution in [-0.4, -0.2) is 36.7 Å². The van der Waals surface area contributed by atoms with Crippen molar-refractivity contribution in [2.45, 2.75) is 129 Å². The van der Waals surface area contributed by atoms with Crippen LogP contribution in [0.3, 0.4) is 0 Å². The average molecular weight is 471 g/mol. The lowest BCUT2D eigenvalue weighted by atomic mass is 10.1. The van der Waals surface area contributed by atoms with Crippen LogP contribution in [0.4, 0.5) is 0 Å². The Hall–Kier alpha value is -1.40. The minimum atomic E-state index is -1.12. The van der Waals surface area contributed by atoms with Gasteiger partial charge in [0, 0.05) is 25.4 Å². The highest BCUT2D eigenvalue weighted by Crippen LogP contribution is 2.09. The van der Waals surface area contributed by atoms with Gasteiger partial charge in [-0.15, -0.1) is 0 Å². The molecule has 0 rings (SSSR count). The molecule has 0 saturated carbocycles. The molecule has 196 valence electrons. The maximum Gasteiger partial charge on any atom is 0.303 e. The number of unbranched alkanes of at least 4 members (excludes halogenated alkanes) is 13.